The molecule has 2 aromatic rings. The standard InChI is InChI=1S/C10H9N.C2H6.CH3I/c1-8-4-2-6-10-9(8)5-3-7-11-10;2*1-2/h2-7H,1H3;1-2H3;1H3. The van der Waals surface area contributed by atoms with Gasteiger partial charge in [0.05, 0.1) is 5.52 Å². The highest BCUT2D eigenvalue weighted by Crippen LogP contribution is 2.14. The molecule has 0 fully saturated rings. The van der Waals surface area contributed by atoms with Gasteiger partial charge in [-0.1, -0.05) is 54.6 Å². The summed E-state index contributed by atoms with van der Waals surface area (Å²) in [6, 6.07) is 10.2. The SMILES string of the molecule is CC.CI.Cc1cccc2ncccc12. The van der Waals surface area contributed by atoms with Crippen molar-refractivity contribution in [3.05, 3.63) is 42.1 Å². The van der Waals surface area contributed by atoms with Gasteiger partial charge in [-0.15, -0.1) is 0 Å². The summed E-state index contributed by atoms with van der Waals surface area (Å²) in [5.74, 6) is 0. The molecule has 1 aromatic heterocycles. The van der Waals surface area contributed by atoms with Crippen LogP contribution in [0.4, 0.5) is 0 Å². The maximum Gasteiger partial charge on any atom is 0.0704 e. The third kappa shape index (κ3) is 4.16. The smallest absolute Gasteiger partial charge is 0.0704 e. The number of benzene rings is 1. The molecule has 15 heavy (non-hydrogen) atoms. The Morgan fingerprint density at radius 2 is 1.67 bits per heavy atom. The highest BCUT2D eigenvalue weighted by molar-refractivity contribution is 14.1. The predicted molar refractivity (Wildman–Crippen MR) is 77.8 cm³/mol. The molecule has 0 spiro atoms. The van der Waals surface area contributed by atoms with E-state index in [2.05, 4.69) is 46.6 Å². The van der Waals surface area contributed by atoms with E-state index < -0.39 is 0 Å². The van der Waals surface area contributed by atoms with Gasteiger partial charge in [0.15, 0.2) is 0 Å². The Morgan fingerprint density at radius 3 is 2.27 bits per heavy atom. The van der Waals surface area contributed by atoms with E-state index in [0.717, 1.165) is 5.52 Å². The normalized spacial score (nSPS) is 8.33. The predicted octanol–water partition coefficient (Wildman–Crippen LogP) is 4.62. The van der Waals surface area contributed by atoms with Gasteiger partial charge in [0.2, 0.25) is 0 Å². The van der Waals surface area contributed by atoms with Gasteiger partial charge < -0.3 is 0 Å². The lowest BCUT2D eigenvalue weighted by Gasteiger charge is -1.97. The van der Waals surface area contributed by atoms with Crippen LogP contribution in [0.1, 0.15) is 19.4 Å². The van der Waals surface area contributed by atoms with Gasteiger partial charge in [-0.3, -0.25) is 4.98 Å². The molecule has 2 rings (SSSR count). The number of pyridine rings is 1. The summed E-state index contributed by atoms with van der Waals surface area (Å²) in [4.78, 5) is 6.21. The van der Waals surface area contributed by atoms with E-state index in [1.54, 1.807) is 0 Å². The van der Waals surface area contributed by atoms with Crippen molar-refractivity contribution in [3.8, 4) is 0 Å². The fraction of sp³-hybridized carbons (Fsp3) is 0.308. The molecule has 1 heterocycles. The topological polar surface area (TPSA) is 12.9 Å². The molecule has 0 radical (unpaired) electrons. The summed E-state index contributed by atoms with van der Waals surface area (Å²) in [5, 5.41) is 1.25. The van der Waals surface area contributed by atoms with Crippen LogP contribution >= 0.6 is 22.6 Å². The number of alkyl halides is 1. The van der Waals surface area contributed by atoms with Crippen LogP contribution in [0, 0.1) is 6.92 Å². The number of rotatable bonds is 0. The molecule has 0 amide bonds. The summed E-state index contributed by atoms with van der Waals surface area (Å²) in [6.07, 6.45) is 1.82. The first kappa shape index (κ1) is 14.4. The van der Waals surface area contributed by atoms with E-state index in [1.807, 2.05) is 43.2 Å². The summed E-state index contributed by atoms with van der Waals surface area (Å²) in [5.41, 5.74) is 2.36. The summed E-state index contributed by atoms with van der Waals surface area (Å²) >= 11 is 2.15. The number of aromatic nitrogens is 1. The minimum Gasteiger partial charge on any atom is -0.256 e. The molecule has 0 aliphatic carbocycles. The lowest BCUT2D eigenvalue weighted by atomic mass is 10.1. The maximum atomic E-state index is 4.24. The molecule has 0 atom stereocenters. The van der Waals surface area contributed by atoms with Crippen LogP contribution in [-0.2, 0) is 0 Å². The van der Waals surface area contributed by atoms with Crippen LogP contribution in [-0.4, -0.2) is 9.91 Å². The fourth-order valence-corrected chi connectivity index (χ4v) is 1.26. The van der Waals surface area contributed by atoms with E-state index in [9.17, 15) is 0 Å². The zero-order valence-electron chi connectivity index (χ0n) is 9.79. The van der Waals surface area contributed by atoms with Gasteiger partial charge in [-0.2, -0.15) is 0 Å². The summed E-state index contributed by atoms with van der Waals surface area (Å²) < 4.78 is 0. The minimum absolute atomic E-state index is 1.08. The van der Waals surface area contributed by atoms with E-state index in [1.165, 1.54) is 10.9 Å². The average molecular weight is 315 g/mol. The third-order valence-corrected chi connectivity index (χ3v) is 1.86. The average Bonchev–Trinajstić information content (AvgIpc) is 2.35. The fourth-order valence-electron chi connectivity index (χ4n) is 1.26. The second-order valence-electron chi connectivity index (χ2n) is 2.64. The Balaban J connectivity index is 0.000000442. The molecule has 0 aliphatic rings. The maximum absolute atomic E-state index is 4.24. The van der Waals surface area contributed by atoms with E-state index in [0.29, 0.717) is 0 Å². The monoisotopic (exact) mass is 315 g/mol. The van der Waals surface area contributed by atoms with Crippen LogP contribution in [0.5, 0.6) is 0 Å². The van der Waals surface area contributed by atoms with Crippen molar-refractivity contribution < 1.29 is 0 Å². The Morgan fingerprint density at radius 1 is 1.00 bits per heavy atom. The Kier molecular flexibility index (Phi) is 8.28. The van der Waals surface area contributed by atoms with Crippen molar-refractivity contribution in [1.82, 2.24) is 4.98 Å². The van der Waals surface area contributed by atoms with Gasteiger partial charge in [0.1, 0.15) is 0 Å². The van der Waals surface area contributed by atoms with Crippen molar-refractivity contribution in [2.24, 2.45) is 0 Å². The highest BCUT2D eigenvalue weighted by atomic mass is 127. The number of hydrogen-bond donors (Lipinski definition) is 0. The molecule has 0 N–H and O–H groups in total. The van der Waals surface area contributed by atoms with Crippen molar-refractivity contribution >= 4 is 33.5 Å². The number of nitrogens with zero attached hydrogens (tertiary/aromatic N) is 1. The van der Waals surface area contributed by atoms with Crippen molar-refractivity contribution in [1.29, 1.82) is 0 Å². The lowest BCUT2D eigenvalue weighted by molar-refractivity contribution is 1.39. The molecule has 1 nitrogen and oxygen atoms in total. The van der Waals surface area contributed by atoms with Crippen LogP contribution in [0.25, 0.3) is 10.9 Å². The van der Waals surface area contributed by atoms with Crippen LogP contribution in [0.3, 0.4) is 0 Å². The molecule has 1 aromatic carbocycles. The first-order valence-corrected chi connectivity index (χ1v) is 7.22. The molecular weight excluding hydrogens is 297 g/mol. The Labute approximate surface area is 106 Å². The van der Waals surface area contributed by atoms with Gasteiger partial charge in [0.25, 0.3) is 0 Å². The van der Waals surface area contributed by atoms with Gasteiger partial charge in [0, 0.05) is 11.6 Å². The molecule has 2 heteroatoms. The van der Waals surface area contributed by atoms with E-state index in [-0.39, 0.29) is 0 Å². The van der Waals surface area contributed by atoms with Crippen LogP contribution < -0.4 is 0 Å². The molecule has 0 bridgehead atoms. The first-order valence-electron chi connectivity index (χ1n) is 5.06. The second kappa shape index (κ2) is 8.65. The van der Waals surface area contributed by atoms with Gasteiger partial charge in [-0.25, -0.2) is 0 Å². The van der Waals surface area contributed by atoms with Crippen LogP contribution in [0.2, 0.25) is 0 Å². The Hall–Kier alpha value is -0.640. The number of aryl methyl sites for hydroxylation is 1. The second-order valence-corrected chi connectivity index (χ2v) is 2.64. The zero-order chi connectivity index (χ0) is 11.7. The number of fused-ring (bicyclic) bond motifs is 1. The minimum atomic E-state index is 1.08. The molecule has 0 saturated carbocycles. The number of hydrogen-bond acceptors (Lipinski definition) is 1. The van der Waals surface area contributed by atoms with Gasteiger partial charge >= 0.3 is 0 Å². The zero-order valence-corrected chi connectivity index (χ0v) is 11.9. The highest BCUT2D eigenvalue weighted by Gasteiger charge is 1.93. The lowest BCUT2D eigenvalue weighted by Crippen LogP contribution is -1.79. The molecule has 0 aliphatic heterocycles. The quantitative estimate of drug-likeness (QED) is 0.510. The van der Waals surface area contributed by atoms with Crippen LogP contribution in [0.15, 0.2) is 36.5 Å². The molecule has 0 unspecified atom stereocenters. The van der Waals surface area contributed by atoms with Gasteiger partial charge in [-0.05, 0) is 29.6 Å². The van der Waals surface area contributed by atoms with Crippen molar-refractivity contribution in [2.45, 2.75) is 20.8 Å². The third-order valence-electron chi connectivity index (χ3n) is 1.86. The molecule has 0 saturated heterocycles. The van der Waals surface area contributed by atoms with E-state index >= 15 is 0 Å². The number of halogens is 1. The molecular formula is C13H18IN. The van der Waals surface area contributed by atoms with Crippen molar-refractivity contribution in [2.75, 3.05) is 4.93 Å². The summed E-state index contributed by atoms with van der Waals surface area (Å²) in [6.45, 7) is 6.10. The first-order chi connectivity index (χ1) is 7.38. The largest absolute Gasteiger partial charge is 0.256 e. The van der Waals surface area contributed by atoms with E-state index in [4.69, 9.17) is 0 Å². The van der Waals surface area contributed by atoms with Crippen molar-refractivity contribution in [3.63, 3.8) is 0 Å². The summed E-state index contributed by atoms with van der Waals surface area (Å²) in [7, 11) is 0. The molecule has 82 valence electrons. The Bertz CT molecular complexity index is 380.